The molecule has 1 fully saturated rings. The van der Waals surface area contributed by atoms with Crippen LogP contribution < -0.4 is 10.2 Å². The Hall–Kier alpha value is -2.52. The zero-order valence-corrected chi connectivity index (χ0v) is 16.4. The van der Waals surface area contributed by atoms with Crippen LogP contribution in [0, 0.1) is 25.2 Å². The fraction of sp³-hybridized carbons (Fsp3) is 0.300. The van der Waals surface area contributed by atoms with E-state index >= 15 is 0 Å². The third-order valence-corrected chi connectivity index (χ3v) is 5.15. The molecule has 3 rings (SSSR count). The van der Waals surface area contributed by atoms with Crippen LogP contribution in [0.25, 0.3) is 6.08 Å². The molecule has 1 aliphatic rings. The predicted octanol–water partition coefficient (Wildman–Crippen LogP) is 4.80. The summed E-state index contributed by atoms with van der Waals surface area (Å²) in [6.45, 7) is 5.82. The second-order valence-corrected chi connectivity index (χ2v) is 7.22. The Bertz CT molecular complexity index is 902. The van der Waals surface area contributed by atoms with Crippen molar-refractivity contribution in [2.24, 2.45) is 0 Å². The summed E-state index contributed by atoms with van der Waals surface area (Å²) >= 11 is 3.50. The van der Waals surface area contributed by atoms with Crippen LogP contribution in [0.15, 0.2) is 38.7 Å². The highest BCUT2D eigenvalue weighted by atomic mass is 79.9. The molecule has 0 unspecified atom stereocenters. The smallest absolute Gasteiger partial charge is 0.266 e. The second-order valence-electron chi connectivity index (χ2n) is 6.37. The molecule has 2 heterocycles. The standard InChI is InChI=1S/C20H20BrN3O2/c1-13-6-5-7-18(14(13)2)23-19(25)15(12-22)10-16-11-17(21)20(26-16)24-8-3-4-9-24/h5-7,10-11H,3-4,8-9H2,1-2H3,(H,23,25)/b15-10-. The fourth-order valence-electron chi connectivity index (χ4n) is 2.95. The number of hydrogen-bond donors (Lipinski definition) is 1. The number of carbonyl (C=O) groups is 1. The monoisotopic (exact) mass is 413 g/mol. The van der Waals surface area contributed by atoms with Gasteiger partial charge in [0.15, 0.2) is 0 Å². The van der Waals surface area contributed by atoms with Gasteiger partial charge in [0.1, 0.15) is 17.4 Å². The maximum Gasteiger partial charge on any atom is 0.266 e. The molecule has 1 aliphatic heterocycles. The Morgan fingerprint density at radius 3 is 2.77 bits per heavy atom. The first-order chi connectivity index (χ1) is 12.5. The number of nitriles is 1. The van der Waals surface area contributed by atoms with Crippen molar-refractivity contribution in [1.82, 2.24) is 0 Å². The highest BCUT2D eigenvalue weighted by molar-refractivity contribution is 9.10. The number of amides is 1. The zero-order valence-electron chi connectivity index (χ0n) is 14.8. The Balaban J connectivity index is 1.82. The summed E-state index contributed by atoms with van der Waals surface area (Å²) in [7, 11) is 0. The number of hydrogen-bond acceptors (Lipinski definition) is 4. The molecule has 1 aromatic carbocycles. The first-order valence-electron chi connectivity index (χ1n) is 8.53. The average molecular weight is 414 g/mol. The minimum atomic E-state index is -0.448. The first kappa shape index (κ1) is 18.3. The van der Waals surface area contributed by atoms with Crippen LogP contribution in [-0.4, -0.2) is 19.0 Å². The van der Waals surface area contributed by atoms with Crippen LogP contribution in [0.5, 0.6) is 0 Å². The summed E-state index contributed by atoms with van der Waals surface area (Å²) < 4.78 is 6.68. The summed E-state index contributed by atoms with van der Waals surface area (Å²) in [6.07, 6.45) is 3.75. The molecule has 2 aromatic rings. The number of benzene rings is 1. The highest BCUT2D eigenvalue weighted by Gasteiger charge is 2.20. The van der Waals surface area contributed by atoms with Gasteiger partial charge in [0.25, 0.3) is 5.91 Å². The Labute approximate surface area is 161 Å². The highest BCUT2D eigenvalue weighted by Crippen LogP contribution is 2.33. The van der Waals surface area contributed by atoms with E-state index in [2.05, 4.69) is 26.1 Å². The van der Waals surface area contributed by atoms with Gasteiger partial charge in [-0.05, 0) is 59.8 Å². The molecule has 0 radical (unpaired) electrons. The van der Waals surface area contributed by atoms with Gasteiger partial charge >= 0.3 is 0 Å². The summed E-state index contributed by atoms with van der Waals surface area (Å²) in [5, 5.41) is 12.2. The molecule has 1 saturated heterocycles. The van der Waals surface area contributed by atoms with E-state index in [4.69, 9.17) is 4.42 Å². The molecule has 0 spiro atoms. The van der Waals surface area contributed by atoms with Crippen molar-refractivity contribution in [3.05, 3.63) is 51.2 Å². The van der Waals surface area contributed by atoms with Gasteiger partial charge in [0.2, 0.25) is 5.88 Å². The molecule has 1 N–H and O–H groups in total. The number of nitrogens with zero attached hydrogens (tertiary/aromatic N) is 2. The quantitative estimate of drug-likeness (QED) is 0.576. The second kappa shape index (κ2) is 7.79. The maximum absolute atomic E-state index is 12.5. The van der Waals surface area contributed by atoms with E-state index in [0.717, 1.165) is 47.4 Å². The van der Waals surface area contributed by atoms with Crippen molar-refractivity contribution in [3.63, 3.8) is 0 Å². The summed E-state index contributed by atoms with van der Waals surface area (Å²) in [4.78, 5) is 14.7. The molecule has 1 amide bonds. The number of anilines is 2. The maximum atomic E-state index is 12.5. The SMILES string of the molecule is Cc1cccc(NC(=O)/C(C#N)=C\c2cc(Br)c(N3CCCC3)o2)c1C. The van der Waals surface area contributed by atoms with E-state index in [1.165, 1.54) is 6.08 Å². The van der Waals surface area contributed by atoms with Crippen LogP contribution in [0.2, 0.25) is 0 Å². The number of aryl methyl sites for hydroxylation is 1. The topological polar surface area (TPSA) is 69.3 Å². The van der Waals surface area contributed by atoms with Gasteiger partial charge in [0, 0.05) is 30.9 Å². The molecule has 26 heavy (non-hydrogen) atoms. The Morgan fingerprint density at radius 2 is 2.08 bits per heavy atom. The van der Waals surface area contributed by atoms with E-state index in [0.29, 0.717) is 11.4 Å². The lowest BCUT2D eigenvalue weighted by Crippen LogP contribution is -2.17. The summed E-state index contributed by atoms with van der Waals surface area (Å²) in [6, 6.07) is 9.43. The third-order valence-electron chi connectivity index (χ3n) is 4.59. The molecule has 0 saturated carbocycles. The van der Waals surface area contributed by atoms with E-state index in [1.807, 2.05) is 38.1 Å². The average Bonchev–Trinajstić information content (AvgIpc) is 3.26. The van der Waals surface area contributed by atoms with Gasteiger partial charge in [-0.1, -0.05) is 12.1 Å². The summed E-state index contributed by atoms with van der Waals surface area (Å²) in [5.41, 5.74) is 2.76. The number of halogens is 1. The van der Waals surface area contributed by atoms with Crippen molar-refractivity contribution in [1.29, 1.82) is 5.26 Å². The normalized spacial score (nSPS) is 14.4. The fourth-order valence-corrected chi connectivity index (χ4v) is 3.51. The number of rotatable bonds is 4. The van der Waals surface area contributed by atoms with Crippen LogP contribution >= 0.6 is 15.9 Å². The minimum Gasteiger partial charge on any atom is -0.440 e. The van der Waals surface area contributed by atoms with Crippen LogP contribution in [0.3, 0.4) is 0 Å². The minimum absolute atomic E-state index is 0.000119. The third kappa shape index (κ3) is 3.83. The van der Waals surface area contributed by atoms with Crippen molar-refractivity contribution in [2.45, 2.75) is 26.7 Å². The van der Waals surface area contributed by atoms with Crippen molar-refractivity contribution < 1.29 is 9.21 Å². The van der Waals surface area contributed by atoms with Crippen LogP contribution in [0.4, 0.5) is 11.6 Å². The number of furan rings is 1. The predicted molar refractivity (Wildman–Crippen MR) is 106 cm³/mol. The van der Waals surface area contributed by atoms with E-state index in [1.54, 1.807) is 6.07 Å². The Kier molecular flexibility index (Phi) is 5.48. The molecule has 0 atom stereocenters. The molecule has 5 nitrogen and oxygen atoms in total. The van der Waals surface area contributed by atoms with Gasteiger partial charge in [-0.15, -0.1) is 0 Å². The van der Waals surface area contributed by atoms with Crippen molar-refractivity contribution >= 4 is 39.5 Å². The van der Waals surface area contributed by atoms with Gasteiger partial charge in [-0.2, -0.15) is 5.26 Å². The van der Waals surface area contributed by atoms with Crippen molar-refractivity contribution in [2.75, 3.05) is 23.3 Å². The van der Waals surface area contributed by atoms with Crippen LogP contribution in [-0.2, 0) is 4.79 Å². The van der Waals surface area contributed by atoms with E-state index in [9.17, 15) is 10.1 Å². The van der Waals surface area contributed by atoms with Gasteiger partial charge in [0.05, 0.1) is 4.47 Å². The lowest BCUT2D eigenvalue weighted by molar-refractivity contribution is -0.112. The molecular formula is C20H20BrN3O2. The number of nitrogens with one attached hydrogen (secondary N) is 1. The van der Waals surface area contributed by atoms with Crippen LogP contribution in [0.1, 0.15) is 29.7 Å². The lowest BCUT2D eigenvalue weighted by Gasteiger charge is -2.13. The van der Waals surface area contributed by atoms with Gasteiger partial charge < -0.3 is 14.6 Å². The lowest BCUT2D eigenvalue weighted by atomic mass is 10.1. The molecule has 0 bridgehead atoms. The summed E-state index contributed by atoms with van der Waals surface area (Å²) in [5.74, 6) is 0.781. The molecular weight excluding hydrogens is 394 g/mol. The van der Waals surface area contributed by atoms with Crippen molar-refractivity contribution in [3.8, 4) is 6.07 Å². The Morgan fingerprint density at radius 1 is 1.35 bits per heavy atom. The molecule has 1 aromatic heterocycles. The first-order valence-corrected chi connectivity index (χ1v) is 9.32. The molecule has 134 valence electrons. The van der Waals surface area contributed by atoms with Gasteiger partial charge in [-0.3, -0.25) is 4.79 Å². The zero-order chi connectivity index (χ0) is 18.7. The van der Waals surface area contributed by atoms with Gasteiger partial charge in [-0.25, -0.2) is 0 Å². The molecule has 6 heteroatoms. The number of carbonyl (C=O) groups excluding carboxylic acids is 1. The largest absolute Gasteiger partial charge is 0.440 e. The van der Waals surface area contributed by atoms with E-state index < -0.39 is 5.91 Å². The van der Waals surface area contributed by atoms with E-state index in [-0.39, 0.29) is 5.57 Å². The molecule has 0 aliphatic carbocycles.